The van der Waals surface area contributed by atoms with Crippen molar-refractivity contribution < 1.29 is 9.53 Å². The van der Waals surface area contributed by atoms with Crippen LogP contribution in [0.15, 0.2) is 24.3 Å². The molecule has 62 valence electrons. The number of Topliss-reactive ketones (excluding diaryl/α,β-unsaturated/α-hetero) is 1. The van der Waals surface area contributed by atoms with Crippen LogP contribution in [0.4, 0.5) is 0 Å². The van der Waals surface area contributed by atoms with E-state index >= 15 is 0 Å². The van der Waals surface area contributed by atoms with Gasteiger partial charge in [0, 0.05) is 5.56 Å². The topological polar surface area (TPSA) is 29.6 Å². The summed E-state index contributed by atoms with van der Waals surface area (Å²) in [5.41, 5.74) is 1.93. The second-order valence-electron chi connectivity index (χ2n) is 3.00. The number of hydrogen-bond donors (Lipinski definition) is 0. The number of ether oxygens (including phenoxy) is 1. The molecule has 1 fully saturated rings. The zero-order chi connectivity index (χ0) is 8.55. The van der Waals surface area contributed by atoms with Crippen LogP contribution in [-0.4, -0.2) is 12.4 Å². The fraction of sp³-hybridized carbons (Fsp3) is 0.300. The Morgan fingerprint density at radius 2 is 2.00 bits per heavy atom. The molecule has 0 aliphatic carbocycles. The van der Waals surface area contributed by atoms with Gasteiger partial charge in [-0.3, -0.25) is 4.79 Å². The molecule has 2 heteroatoms. The van der Waals surface area contributed by atoms with Gasteiger partial charge in [0.2, 0.25) is 0 Å². The third-order valence-electron chi connectivity index (χ3n) is 2.02. The molecule has 1 heterocycles. The molecule has 12 heavy (non-hydrogen) atoms. The van der Waals surface area contributed by atoms with Crippen LogP contribution >= 0.6 is 0 Å². The Labute approximate surface area is 71.2 Å². The molecule has 0 amide bonds. The van der Waals surface area contributed by atoms with E-state index in [1.54, 1.807) is 6.92 Å². The van der Waals surface area contributed by atoms with Gasteiger partial charge >= 0.3 is 0 Å². The molecule has 0 aromatic heterocycles. The monoisotopic (exact) mass is 162 g/mol. The number of carbonyl (C=O) groups is 1. The number of carbonyl (C=O) groups excluding carboxylic acids is 1. The Balaban J connectivity index is 2.24. The van der Waals surface area contributed by atoms with Gasteiger partial charge in [0.15, 0.2) is 5.78 Å². The summed E-state index contributed by atoms with van der Waals surface area (Å²) in [5.74, 6) is 0.110. The molecule has 0 saturated carbocycles. The van der Waals surface area contributed by atoms with E-state index in [2.05, 4.69) is 0 Å². The fourth-order valence-electron chi connectivity index (χ4n) is 1.17. The lowest BCUT2D eigenvalue weighted by atomic mass is 10.1. The van der Waals surface area contributed by atoms with E-state index in [-0.39, 0.29) is 11.9 Å². The fourth-order valence-corrected chi connectivity index (χ4v) is 1.17. The van der Waals surface area contributed by atoms with Crippen LogP contribution in [0.1, 0.15) is 28.9 Å². The second kappa shape index (κ2) is 2.72. The lowest BCUT2D eigenvalue weighted by Gasteiger charge is -1.97. The number of epoxide rings is 1. The van der Waals surface area contributed by atoms with Crippen molar-refractivity contribution in [3.8, 4) is 0 Å². The summed E-state index contributed by atoms with van der Waals surface area (Å²) in [6.45, 7) is 2.39. The van der Waals surface area contributed by atoms with Crippen molar-refractivity contribution in [2.45, 2.75) is 13.0 Å². The van der Waals surface area contributed by atoms with Crippen LogP contribution < -0.4 is 0 Å². The average Bonchev–Trinajstić information content (AvgIpc) is 2.87. The smallest absolute Gasteiger partial charge is 0.159 e. The zero-order valence-corrected chi connectivity index (χ0v) is 6.91. The van der Waals surface area contributed by atoms with Crippen molar-refractivity contribution in [2.24, 2.45) is 0 Å². The van der Waals surface area contributed by atoms with Gasteiger partial charge in [0.05, 0.1) is 6.61 Å². The van der Waals surface area contributed by atoms with Crippen molar-refractivity contribution in [2.75, 3.05) is 6.61 Å². The molecule has 1 unspecified atom stereocenters. The number of benzene rings is 1. The van der Waals surface area contributed by atoms with Crippen LogP contribution in [-0.2, 0) is 4.74 Å². The van der Waals surface area contributed by atoms with Gasteiger partial charge in [-0.05, 0) is 12.5 Å². The Hall–Kier alpha value is -1.15. The maximum atomic E-state index is 10.9. The highest BCUT2D eigenvalue weighted by molar-refractivity contribution is 5.94. The molecule has 0 spiro atoms. The normalized spacial score (nSPS) is 20.6. The maximum absolute atomic E-state index is 10.9. The van der Waals surface area contributed by atoms with Crippen LogP contribution in [0.5, 0.6) is 0 Å². The molecule has 2 nitrogen and oxygen atoms in total. The molecule has 1 atom stereocenters. The predicted octanol–water partition coefficient (Wildman–Crippen LogP) is 1.96. The van der Waals surface area contributed by atoms with Crippen molar-refractivity contribution in [3.05, 3.63) is 35.4 Å². The Kier molecular flexibility index (Phi) is 1.70. The van der Waals surface area contributed by atoms with Crippen LogP contribution in [0.3, 0.4) is 0 Å². The average molecular weight is 162 g/mol. The summed E-state index contributed by atoms with van der Waals surface area (Å²) in [6, 6.07) is 7.60. The SMILES string of the molecule is CC(=O)c1ccc(C2CO2)cc1. The third-order valence-corrected chi connectivity index (χ3v) is 2.02. The largest absolute Gasteiger partial charge is 0.368 e. The third kappa shape index (κ3) is 1.38. The molecule has 1 saturated heterocycles. The van der Waals surface area contributed by atoms with Gasteiger partial charge in [0.25, 0.3) is 0 Å². The summed E-state index contributed by atoms with van der Waals surface area (Å²) < 4.78 is 5.11. The van der Waals surface area contributed by atoms with Crippen molar-refractivity contribution in [1.29, 1.82) is 0 Å². The van der Waals surface area contributed by atoms with E-state index in [4.69, 9.17) is 4.74 Å². The van der Waals surface area contributed by atoms with Gasteiger partial charge < -0.3 is 4.74 Å². The molecule has 0 N–H and O–H groups in total. The molecular formula is C10H10O2. The van der Waals surface area contributed by atoms with Crippen LogP contribution in [0.2, 0.25) is 0 Å². The quantitative estimate of drug-likeness (QED) is 0.491. The Morgan fingerprint density at radius 1 is 1.42 bits per heavy atom. The van der Waals surface area contributed by atoms with E-state index in [9.17, 15) is 4.79 Å². The van der Waals surface area contributed by atoms with Gasteiger partial charge in [0.1, 0.15) is 6.10 Å². The maximum Gasteiger partial charge on any atom is 0.159 e. The predicted molar refractivity (Wildman–Crippen MR) is 45.1 cm³/mol. The molecular weight excluding hydrogens is 152 g/mol. The Bertz CT molecular complexity index is 296. The first-order valence-corrected chi connectivity index (χ1v) is 4.00. The summed E-state index contributed by atoms with van der Waals surface area (Å²) in [6.07, 6.45) is 0.283. The minimum atomic E-state index is 0.110. The minimum Gasteiger partial charge on any atom is -0.368 e. The first-order valence-electron chi connectivity index (χ1n) is 4.00. The Morgan fingerprint density at radius 3 is 2.42 bits per heavy atom. The molecule has 2 rings (SSSR count). The molecule has 1 aromatic rings. The molecule has 1 aliphatic heterocycles. The second-order valence-corrected chi connectivity index (χ2v) is 3.00. The standard InChI is InChI=1S/C10H10O2/c1-7(11)8-2-4-9(5-3-8)10-6-12-10/h2-5,10H,6H2,1H3. The highest BCUT2D eigenvalue weighted by atomic mass is 16.6. The number of hydrogen-bond acceptors (Lipinski definition) is 2. The summed E-state index contributed by atoms with van der Waals surface area (Å²) in [5, 5.41) is 0. The molecule has 1 aliphatic rings. The summed E-state index contributed by atoms with van der Waals surface area (Å²) in [4.78, 5) is 10.9. The van der Waals surface area contributed by atoms with E-state index in [0.717, 1.165) is 12.2 Å². The van der Waals surface area contributed by atoms with Gasteiger partial charge in [-0.25, -0.2) is 0 Å². The van der Waals surface area contributed by atoms with E-state index in [1.165, 1.54) is 5.56 Å². The lowest BCUT2D eigenvalue weighted by Crippen LogP contribution is -1.91. The van der Waals surface area contributed by atoms with Gasteiger partial charge in [-0.1, -0.05) is 24.3 Å². The van der Waals surface area contributed by atoms with E-state index in [1.807, 2.05) is 24.3 Å². The van der Waals surface area contributed by atoms with Crippen LogP contribution in [0.25, 0.3) is 0 Å². The number of rotatable bonds is 2. The van der Waals surface area contributed by atoms with Crippen LogP contribution in [0, 0.1) is 0 Å². The highest BCUT2D eigenvalue weighted by Gasteiger charge is 2.24. The van der Waals surface area contributed by atoms with E-state index in [0.29, 0.717) is 0 Å². The van der Waals surface area contributed by atoms with Crippen molar-refractivity contribution >= 4 is 5.78 Å². The van der Waals surface area contributed by atoms with Gasteiger partial charge in [-0.2, -0.15) is 0 Å². The van der Waals surface area contributed by atoms with E-state index < -0.39 is 0 Å². The molecule has 1 aromatic carbocycles. The first-order chi connectivity index (χ1) is 5.77. The molecule has 0 radical (unpaired) electrons. The summed E-state index contributed by atoms with van der Waals surface area (Å²) >= 11 is 0. The number of ketones is 1. The van der Waals surface area contributed by atoms with Gasteiger partial charge in [-0.15, -0.1) is 0 Å². The molecule has 0 bridgehead atoms. The highest BCUT2D eigenvalue weighted by Crippen LogP contribution is 2.29. The lowest BCUT2D eigenvalue weighted by molar-refractivity contribution is 0.101. The van der Waals surface area contributed by atoms with Crippen molar-refractivity contribution in [1.82, 2.24) is 0 Å². The minimum absolute atomic E-state index is 0.110. The zero-order valence-electron chi connectivity index (χ0n) is 6.91. The first kappa shape index (κ1) is 7.50. The van der Waals surface area contributed by atoms with Crippen molar-refractivity contribution in [3.63, 3.8) is 0 Å². The summed E-state index contributed by atoms with van der Waals surface area (Å²) in [7, 11) is 0.